The summed E-state index contributed by atoms with van der Waals surface area (Å²) >= 11 is 5.99. The van der Waals surface area contributed by atoms with Crippen LogP contribution in [0.15, 0.2) is 30.3 Å². The van der Waals surface area contributed by atoms with E-state index in [0.717, 1.165) is 6.07 Å². The minimum atomic E-state index is -1.70. The van der Waals surface area contributed by atoms with Crippen LogP contribution < -0.4 is 15.4 Å². The van der Waals surface area contributed by atoms with E-state index in [-0.39, 0.29) is 5.91 Å². The standard InChI is InChI=1S/C22H21ClF3N3O4/c1-33-17-5-2-13(23)10-14(17)22(32)29-8-6-12(7-9-29)21(31)27-11-18(30)28-16-4-3-15(24)19(25)20(16)26/h2-5,10,12H,6-9,11H2,1H3,(H,27,31)(H,28,30). The Bertz CT molecular complexity index is 1080. The molecule has 0 aliphatic carbocycles. The first kappa shape index (κ1) is 24.4. The van der Waals surface area contributed by atoms with E-state index in [9.17, 15) is 27.6 Å². The predicted octanol–water partition coefficient (Wildman–Crippen LogP) is 3.37. The van der Waals surface area contributed by atoms with E-state index in [2.05, 4.69) is 10.6 Å². The number of methoxy groups -OCH3 is 1. The summed E-state index contributed by atoms with van der Waals surface area (Å²) in [6.07, 6.45) is 0.750. The first-order chi connectivity index (χ1) is 15.7. The van der Waals surface area contributed by atoms with E-state index in [4.69, 9.17) is 16.3 Å². The molecule has 2 aromatic carbocycles. The third-order valence-electron chi connectivity index (χ3n) is 5.28. The van der Waals surface area contributed by atoms with Gasteiger partial charge in [0.1, 0.15) is 5.75 Å². The zero-order chi connectivity index (χ0) is 24.1. The molecule has 1 fully saturated rings. The van der Waals surface area contributed by atoms with Crippen molar-refractivity contribution in [2.24, 2.45) is 5.92 Å². The second-order valence-electron chi connectivity index (χ2n) is 7.40. The number of carbonyl (C=O) groups excluding carboxylic acids is 3. The first-order valence-corrected chi connectivity index (χ1v) is 10.4. The van der Waals surface area contributed by atoms with Gasteiger partial charge in [0.05, 0.1) is 24.9 Å². The molecule has 0 bridgehead atoms. The van der Waals surface area contributed by atoms with Gasteiger partial charge in [0.25, 0.3) is 5.91 Å². The number of piperidine rings is 1. The van der Waals surface area contributed by atoms with Crippen molar-refractivity contribution in [2.45, 2.75) is 12.8 Å². The highest BCUT2D eigenvalue weighted by Crippen LogP contribution is 2.26. The summed E-state index contributed by atoms with van der Waals surface area (Å²) in [7, 11) is 1.45. The molecule has 2 N–H and O–H groups in total. The summed E-state index contributed by atoms with van der Waals surface area (Å²) in [5.74, 6) is -6.09. The summed E-state index contributed by atoms with van der Waals surface area (Å²) in [6.45, 7) is 0.161. The predicted molar refractivity (Wildman–Crippen MR) is 115 cm³/mol. The Morgan fingerprint density at radius 3 is 2.45 bits per heavy atom. The lowest BCUT2D eigenvalue weighted by molar-refractivity contribution is -0.128. The van der Waals surface area contributed by atoms with Crippen molar-refractivity contribution in [2.75, 3.05) is 32.1 Å². The second kappa shape index (κ2) is 10.6. The molecule has 1 aliphatic heterocycles. The molecule has 3 amide bonds. The van der Waals surface area contributed by atoms with Crippen molar-refractivity contribution in [3.63, 3.8) is 0 Å². The van der Waals surface area contributed by atoms with Gasteiger partial charge in [-0.3, -0.25) is 14.4 Å². The molecule has 0 aromatic heterocycles. The van der Waals surface area contributed by atoms with Gasteiger partial charge in [-0.05, 0) is 43.2 Å². The molecule has 33 heavy (non-hydrogen) atoms. The average molecular weight is 484 g/mol. The van der Waals surface area contributed by atoms with Crippen molar-refractivity contribution in [1.29, 1.82) is 0 Å². The first-order valence-electron chi connectivity index (χ1n) is 10.0. The maximum Gasteiger partial charge on any atom is 0.257 e. The number of nitrogens with zero attached hydrogens (tertiary/aromatic N) is 1. The lowest BCUT2D eigenvalue weighted by Crippen LogP contribution is -2.44. The molecule has 3 rings (SSSR count). The SMILES string of the molecule is COc1ccc(Cl)cc1C(=O)N1CCC(C(=O)NCC(=O)Nc2ccc(F)c(F)c2F)CC1. The molecule has 7 nitrogen and oxygen atoms in total. The molecule has 0 radical (unpaired) electrons. The smallest absolute Gasteiger partial charge is 0.257 e. The van der Waals surface area contributed by atoms with Crippen molar-refractivity contribution >= 4 is 35.0 Å². The summed E-state index contributed by atoms with van der Waals surface area (Å²) in [6, 6.07) is 6.31. The van der Waals surface area contributed by atoms with Crippen molar-refractivity contribution in [3.05, 3.63) is 58.4 Å². The van der Waals surface area contributed by atoms with Crippen LogP contribution >= 0.6 is 11.6 Å². The fourth-order valence-electron chi connectivity index (χ4n) is 3.49. The fraction of sp³-hybridized carbons (Fsp3) is 0.318. The van der Waals surface area contributed by atoms with Crippen molar-refractivity contribution in [1.82, 2.24) is 10.2 Å². The topological polar surface area (TPSA) is 87.7 Å². The average Bonchev–Trinajstić information content (AvgIpc) is 2.82. The van der Waals surface area contributed by atoms with Gasteiger partial charge in [0, 0.05) is 24.0 Å². The van der Waals surface area contributed by atoms with Crippen LogP contribution in [0.3, 0.4) is 0 Å². The number of ether oxygens (including phenoxy) is 1. The number of nitrogens with one attached hydrogen (secondary N) is 2. The number of carbonyl (C=O) groups is 3. The summed E-state index contributed by atoms with van der Waals surface area (Å²) < 4.78 is 45.1. The van der Waals surface area contributed by atoms with Gasteiger partial charge in [-0.15, -0.1) is 0 Å². The third kappa shape index (κ3) is 5.75. The van der Waals surface area contributed by atoms with Gasteiger partial charge in [-0.1, -0.05) is 11.6 Å². The molecule has 1 aliphatic rings. The second-order valence-corrected chi connectivity index (χ2v) is 7.84. The van der Waals surface area contributed by atoms with Crippen LogP contribution in [0.2, 0.25) is 5.02 Å². The van der Waals surface area contributed by atoms with E-state index < -0.39 is 47.4 Å². The zero-order valence-corrected chi connectivity index (χ0v) is 18.3. The maximum atomic E-state index is 13.6. The number of halogens is 4. The Labute approximate surface area is 192 Å². The molecule has 0 spiro atoms. The molecule has 0 atom stereocenters. The minimum absolute atomic E-state index is 0.263. The highest BCUT2D eigenvalue weighted by molar-refractivity contribution is 6.31. The summed E-state index contributed by atoms with van der Waals surface area (Å²) in [5.41, 5.74) is -0.203. The van der Waals surface area contributed by atoms with E-state index in [1.54, 1.807) is 17.0 Å². The Hall–Kier alpha value is -3.27. The Kier molecular flexibility index (Phi) is 7.80. The molecule has 0 unspecified atom stereocenters. The van der Waals surface area contributed by atoms with Gasteiger partial charge in [-0.25, -0.2) is 13.2 Å². The largest absolute Gasteiger partial charge is 0.496 e. The van der Waals surface area contributed by atoms with E-state index in [0.29, 0.717) is 48.3 Å². The minimum Gasteiger partial charge on any atom is -0.496 e. The monoisotopic (exact) mass is 483 g/mol. The number of hydrogen-bond donors (Lipinski definition) is 2. The van der Waals surface area contributed by atoms with Gasteiger partial charge in [-0.2, -0.15) is 0 Å². The van der Waals surface area contributed by atoms with Crippen LogP contribution in [0.4, 0.5) is 18.9 Å². The van der Waals surface area contributed by atoms with E-state index in [1.165, 1.54) is 13.2 Å². The van der Waals surface area contributed by atoms with Crippen LogP contribution in [0, 0.1) is 23.4 Å². The molecular weight excluding hydrogens is 463 g/mol. The van der Waals surface area contributed by atoms with Crippen LogP contribution in [0.1, 0.15) is 23.2 Å². The van der Waals surface area contributed by atoms with Gasteiger partial charge in [0.15, 0.2) is 17.5 Å². The maximum absolute atomic E-state index is 13.6. The lowest BCUT2D eigenvalue weighted by atomic mass is 9.95. The Morgan fingerprint density at radius 1 is 1.09 bits per heavy atom. The van der Waals surface area contributed by atoms with E-state index in [1.807, 2.05) is 0 Å². The summed E-state index contributed by atoms with van der Waals surface area (Å²) in [5, 5.41) is 4.92. The Balaban J connectivity index is 1.50. The number of hydrogen-bond acceptors (Lipinski definition) is 4. The third-order valence-corrected chi connectivity index (χ3v) is 5.51. The van der Waals surface area contributed by atoms with Crippen LogP contribution in [0.5, 0.6) is 5.75 Å². The molecule has 1 heterocycles. The number of benzene rings is 2. The highest BCUT2D eigenvalue weighted by atomic mass is 35.5. The van der Waals surface area contributed by atoms with Crippen LogP contribution in [0.25, 0.3) is 0 Å². The molecule has 11 heteroatoms. The van der Waals surface area contributed by atoms with Crippen LogP contribution in [-0.4, -0.2) is 49.4 Å². The lowest BCUT2D eigenvalue weighted by Gasteiger charge is -2.31. The van der Waals surface area contributed by atoms with Crippen molar-refractivity contribution in [3.8, 4) is 5.75 Å². The number of likely N-dealkylation sites (tertiary alicyclic amines) is 1. The highest BCUT2D eigenvalue weighted by Gasteiger charge is 2.29. The molecule has 0 saturated carbocycles. The molecule has 2 aromatic rings. The van der Waals surface area contributed by atoms with E-state index >= 15 is 0 Å². The molecule has 1 saturated heterocycles. The fourth-order valence-corrected chi connectivity index (χ4v) is 3.66. The molecular formula is C22H21ClF3N3O4. The Morgan fingerprint density at radius 2 is 1.79 bits per heavy atom. The quantitative estimate of drug-likeness (QED) is 0.617. The summed E-state index contributed by atoms with van der Waals surface area (Å²) in [4.78, 5) is 38.8. The van der Waals surface area contributed by atoms with Gasteiger partial charge < -0.3 is 20.3 Å². The van der Waals surface area contributed by atoms with Crippen molar-refractivity contribution < 1.29 is 32.3 Å². The normalized spacial score (nSPS) is 14.0. The number of anilines is 1. The number of amides is 3. The van der Waals surface area contributed by atoms with Crippen LogP contribution in [-0.2, 0) is 9.59 Å². The number of rotatable bonds is 6. The van der Waals surface area contributed by atoms with Gasteiger partial charge >= 0.3 is 0 Å². The zero-order valence-electron chi connectivity index (χ0n) is 17.6. The van der Waals surface area contributed by atoms with Gasteiger partial charge in [0.2, 0.25) is 11.8 Å². The molecule has 176 valence electrons.